The van der Waals surface area contributed by atoms with Gasteiger partial charge in [0, 0.05) is 85.4 Å². The van der Waals surface area contributed by atoms with E-state index in [0.717, 1.165) is 48.9 Å². The number of aromatic nitrogens is 6. The molecule has 206 valence electrons. The molecule has 44 heavy (non-hydrogen) atoms. The second-order valence-electron chi connectivity index (χ2n) is 10.7. The van der Waals surface area contributed by atoms with E-state index in [9.17, 15) is 0 Å². The SMILES string of the molecule is O=P(c1cc2cccnc2c2ncccc12)(c1cc2cccnc2c2ncccc12)c1cc2cccnc2c2ncccc12. The van der Waals surface area contributed by atoms with Crippen LogP contribution < -0.4 is 15.9 Å². The Kier molecular flexibility index (Phi) is 5.34. The zero-order valence-corrected chi connectivity index (χ0v) is 24.1. The monoisotopic (exact) mass is 584 g/mol. The molecule has 9 aromatic rings. The molecule has 9 rings (SSSR count). The molecule has 0 saturated carbocycles. The lowest BCUT2D eigenvalue weighted by molar-refractivity contribution is 0.593. The zero-order valence-electron chi connectivity index (χ0n) is 23.2. The molecule has 6 heterocycles. The molecule has 0 amide bonds. The number of benzene rings is 3. The summed E-state index contributed by atoms with van der Waals surface area (Å²) in [5.74, 6) is 0. The Morgan fingerprint density at radius 3 is 0.955 bits per heavy atom. The fraction of sp³-hybridized carbons (Fsp3) is 0. The third kappa shape index (κ3) is 3.47. The Labute approximate surface area is 250 Å². The van der Waals surface area contributed by atoms with Gasteiger partial charge >= 0.3 is 0 Å². The molecule has 0 bridgehead atoms. The molecule has 6 aromatic heterocycles. The van der Waals surface area contributed by atoms with Crippen molar-refractivity contribution in [3.63, 3.8) is 0 Å². The van der Waals surface area contributed by atoms with Crippen molar-refractivity contribution >= 4 is 88.5 Å². The summed E-state index contributed by atoms with van der Waals surface area (Å²) in [5, 5.41) is 7.00. The van der Waals surface area contributed by atoms with E-state index in [1.165, 1.54) is 0 Å². The molecule has 0 saturated heterocycles. The molecule has 3 aromatic carbocycles. The van der Waals surface area contributed by atoms with Crippen LogP contribution in [0.3, 0.4) is 0 Å². The Hall–Kier alpha value is -5.65. The second-order valence-corrected chi connectivity index (χ2v) is 13.4. The predicted molar refractivity (Wildman–Crippen MR) is 178 cm³/mol. The molecule has 0 fully saturated rings. The summed E-state index contributed by atoms with van der Waals surface area (Å²) in [5.41, 5.74) is 4.41. The quantitative estimate of drug-likeness (QED) is 0.170. The molecule has 0 radical (unpaired) electrons. The van der Waals surface area contributed by atoms with E-state index in [1.54, 1.807) is 37.2 Å². The summed E-state index contributed by atoms with van der Waals surface area (Å²) in [7, 11) is -3.73. The number of fused-ring (bicyclic) bond motifs is 9. The number of hydrogen-bond donors (Lipinski definition) is 0. The van der Waals surface area contributed by atoms with Gasteiger partial charge in [0.05, 0.1) is 33.1 Å². The number of rotatable bonds is 3. The smallest absolute Gasteiger partial charge is 0.173 e. The van der Waals surface area contributed by atoms with Gasteiger partial charge in [-0.3, -0.25) is 29.9 Å². The fourth-order valence-corrected chi connectivity index (χ4v) is 9.74. The van der Waals surface area contributed by atoms with Crippen molar-refractivity contribution in [1.82, 2.24) is 29.9 Å². The molecule has 0 spiro atoms. The van der Waals surface area contributed by atoms with E-state index in [2.05, 4.69) is 15.0 Å². The van der Waals surface area contributed by atoms with Gasteiger partial charge in [0.2, 0.25) is 0 Å². The van der Waals surface area contributed by atoms with Gasteiger partial charge in [-0.2, -0.15) is 0 Å². The molecular formula is C36H21N6OP. The predicted octanol–water partition coefficient (Wildman–Crippen LogP) is 6.62. The highest BCUT2D eigenvalue weighted by Crippen LogP contribution is 2.49. The third-order valence-electron chi connectivity index (χ3n) is 8.34. The lowest BCUT2D eigenvalue weighted by Crippen LogP contribution is -2.27. The molecule has 0 N–H and O–H groups in total. The fourth-order valence-electron chi connectivity index (χ4n) is 6.44. The summed E-state index contributed by atoms with van der Waals surface area (Å²) < 4.78 is 16.8. The van der Waals surface area contributed by atoms with Crippen LogP contribution in [-0.2, 0) is 4.57 Å². The lowest BCUT2D eigenvalue weighted by atomic mass is 10.1. The summed E-state index contributed by atoms with van der Waals surface area (Å²) in [6.07, 6.45) is 10.6. The highest BCUT2D eigenvalue weighted by Gasteiger charge is 2.37. The first-order valence-corrected chi connectivity index (χ1v) is 15.9. The zero-order chi connectivity index (χ0) is 29.3. The largest absolute Gasteiger partial charge is 0.309 e. The molecule has 8 heteroatoms. The van der Waals surface area contributed by atoms with Crippen LogP contribution in [0.2, 0.25) is 0 Å². The third-order valence-corrected chi connectivity index (χ3v) is 11.5. The van der Waals surface area contributed by atoms with Crippen LogP contribution in [0.4, 0.5) is 0 Å². The Bertz CT molecular complexity index is 2380. The molecule has 0 atom stereocenters. The number of hydrogen-bond acceptors (Lipinski definition) is 7. The van der Waals surface area contributed by atoms with Crippen LogP contribution in [0.15, 0.2) is 128 Å². The van der Waals surface area contributed by atoms with E-state index in [1.807, 2.05) is 91.0 Å². The van der Waals surface area contributed by atoms with E-state index in [0.29, 0.717) is 32.5 Å². The standard InChI is InChI=1S/C36H21N6OP/c43-44(28-19-22-7-1-13-37-31(22)34-25(28)10-4-16-40-34,29-20-23-8-2-14-38-32(23)35-26(29)11-5-17-41-35)30-21-24-9-3-15-39-33(24)36-27(30)12-6-18-42-36/h1-21H. The molecule has 0 aliphatic carbocycles. The van der Waals surface area contributed by atoms with Crippen molar-refractivity contribution in [2.75, 3.05) is 0 Å². The van der Waals surface area contributed by atoms with Crippen molar-refractivity contribution in [2.24, 2.45) is 0 Å². The van der Waals surface area contributed by atoms with Gasteiger partial charge in [0.15, 0.2) is 7.14 Å². The molecule has 0 aliphatic rings. The summed E-state index contributed by atoms with van der Waals surface area (Å²) in [4.78, 5) is 28.3. The first-order valence-electron chi connectivity index (χ1n) is 14.2. The van der Waals surface area contributed by atoms with E-state index in [-0.39, 0.29) is 0 Å². The van der Waals surface area contributed by atoms with Crippen LogP contribution in [0, 0.1) is 0 Å². The van der Waals surface area contributed by atoms with Gasteiger partial charge in [-0.15, -0.1) is 0 Å². The summed E-state index contributed by atoms with van der Waals surface area (Å²) >= 11 is 0. The van der Waals surface area contributed by atoms with E-state index in [4.69, 9.17) is 15.0 Å². The lowest BCUT2D eigenvalue weighted by Gasteiger charge is -2.25. The Morgan fingerprint density at radius 2 is 0.636 bits per heavy atom. The maximum absolute atomic E-state index is 16.8. The highest BCUT2D eigenvalue weighted by molar-refractivity contribution is 7.86. The number of pyridine rings is 6. The minimum Gasteiger partial charge on any atom is -0.309 e. The van der Waals surface area contributed by atoms with E-state index < -0.39 is 7.14 Å². The molecule has 7 nitrogen and oxygen atoms in total. The average molecular weight is 585 g/mol. The topological polar surface area (TPSA) is 94.4 Å². The van der Waals surface area contributed by atoms with Crippen LogP contribution >= 0.6 is 7.14 Å². The average Bonchev–Trinajstić information content (AvgIpc) is 3.10. The van der Waals surface area contributed by atoms with Crippen molar-refractivity contribution in [1.29, 1.82) is 0 Å². The minimum absolute atomic E-state index is 0.683. The minimum atomic E-state index is -3.73. The molecule has 0 aliphatic heterocycles. The highest BCUT2D eigenvalue weighted by atomic mass is 31.2. The Balaban J connectivity index is 1.55. The molecule has 0 unspecified atom stereocenters. The van der Waals surface area contributed by atoms with Gasteiger partial charge in [-0.25, -0.2) is 0 Å². The first kappa shape index (κ1) is 24.9. The van der Waals surface area contributed by atoms with Gasteiger partial charge in [0.1, 0.15) is 0 Å². The van der Waals surface area contributed by atoms with Gasteiger partial charge in [0.25, 0.3) is 0 Å². The van der Waals surface area contributed by atoms with Crippen molar-refractivity contribution < 1.29 is 4.57 Å². The normalized spacial score (nSPS) is 12.2. The maximum Gasteiger partial charge on any atom is 0.173 e. The van der Waals surface area contributed by atoms with E-state index >= 15 is 4.57 Å². The summed E-state index contributed by atoms with van der Waals surface area (Å²) in [6, 6.07) is 29.4. The first-order chi connectivity index (χ1) is 21.7. The maximum atomic E-state index is 16.8. The van der Waals surface area contributed by atoms with Crippen LogP contribution in [-0.4, -0.2) is 29.9 Å². The van der Waals surface area contributed by atoms with Crippen molar-refractivity contribution in [2.45, 2.75) is 0 Å². The Morgan fingerprint density at radius 1 is 0.364 bits per heavy atom. The molecular weight excluding hydrogens is 563 g/mol. The van der Waals surface area contributed by atoms with Crippen molar-refractivity contribution in [3.8, 4) is 0 Å². The van der Waals surface area contributed by atoms with Gasteiger partial charge in [-0.05, 0) is 54.6 Å². The van der Waals surface area contributed by atoms with Gasteiger partial charge in [-0.1, -0.05) is 36.4 Å². The van der Waals surface area contributed by atoms with Gasteiger partial charge < -0.3 is 4.57 Å². The number of nitrogens with zero attached hydrogens (tertiary/aromatic N) is 6. The van der Waals surface area contributed by atoms with Crippen LogP contribution in [0.1, 0.15) is 0 Å². The summed E-state index contributed by atoms with van der Waals surface area (Å²) in [6.45, 7) is 0. The van der Waals surface area contributed by atoms with Crippen LogP contribution in [0.5, 0.6) is 0 Å². The second kappa shape index (κ2) is 9.43. The van der Waals surface area contributed by atoms with Crippen LogP contribution in [0.25, 0.3) is 65.4 Å². The van der Waals surface area contributed by atoms with Crippen molar-refractivity contribution in [3.05, 3.63) is 128 Å².